The summed E-state index contributed by atoms with van der Waals surface area (Å²) in [5.41, 5.74) is -1.41. The van der Waals surface area contributed by atoms with Gasteiger partial charge in [0.2, 0.25) is 11.8 Å². The van der Waals surface area contributed by atoms with Crippen LogP contribution in [0.2, 0.25) is 0 Å². The molecule has 3 amide bonds. The fourth-order valence-corrected chi connectivity index (χ4v) is 5.95. The number of carboxylic acid groups (broad SMARTS) is 1. The first-order valence-electron chi connectivity index (χ1n) is 15.0. The molecule has 3 N–H and O–H groups in total. The van der Waals surface area contributed by atoms with Gasteiger partial charge in [-0.05, 0) is 64.7 Å². The van der Waals surface area contributed by atoms with Crippen molar-refractivity contribution in [3.63, 3.8) is 0 Å². The number of benzene rings is 1. The summed E-state index contributed by atoms with van der Waals surface area (Å²) >= 11 is 0. The van der Waals surface area contributed by atoms with Gasteiger partial charge in [-0.3, -0.25) is 14.6 Å². The molecular weight excluding hydrogens is 552 g/mol. The summed E-state index contributed by atoms with van der Waals surface area (Å²) in [5.74, 6) is -1.83. The number of nitrogens with zero attached hydrogens (tertiary/aromatic N) is 2. The summed E-state index contributed by atoms with van der Waals surface area (Å²) < 4.78 is 11.8. The third-order valence-corrected chi connectivity index (χ3v) is 8.21. The van der Waals surface area contributed by atoms with Crippen LogP contribution >= 0.6 is 0 Å². The van der Waals surface area contributed by atoms with Gasteiger partial charge in [-0.2, -0.15) is 0 Å². The topological polar surface area (TPSA) is 147 Å². The average Bonchev–Trinajstić information content (AvgIpc) is 3.48. The van der Waals surface area contributed by atoms with Crippen molar-refractivity contribution in [2.24, 2.45) is 5.92 Å². The van der Waals surface area contributed by atoms with Gasteiger partial charge < -0.3 is 30.1 Å². The third-order valence-electron chi connectivity index (χ3n) is 8.21. The molecule has 1 aromatic carbocycles. The molecule has 3 aliphatic rings. The van der Waals surface area contributed by atoms with E-state index in [0.717, 1.165) is 30.2 Å². The van der Waals surface area contributed by atoms with E-state index >= 15 is 0 Å². The molecule has 2 fully saturated rings. The lowest BCUT2D eigenvalue weighted by Crippen LogP contribution is -2.56. The first-order valence-corrected chi connectivity index (χ1v) is 15.0. The number of hydrogen-bond acceptors (Lipinski definition) is 7. The second-order valence-electron chi connectivity index (χ2n) is 12.6. The zero-order chi connectivity index (χ0) is 30.8. The van der Waals surface area contributed by atoms with Crippen molar-refractivity contribution in [3.8, 4) is 5.75 Å². The Hall–Kier alpha value is -4.15. The van der Waals surface area contributed by atoms with Crippen molar-refractivity contribution in [3.05, 3.63) is 48.7 Å². The molecule has 2 aliphatic heterocycles. The Labute approximate surface area is 251 Å². The maximum absolute atomic E-state index is 14.1. The maximum Gasteiger partial charge on any atom is 0.408 e. The van der Waals surface area contributed by atoms with Gasteiger partial charge >= 0.3 is 12.1 Å². The van der Waals surface area contributed by atoms with Crippen LogP contribution in [0.15, 0.2) is 48.7 Å². The van der Waals surface area contributed by atoms with Crippen LogP contribution < -0.4 is 15.4 Å². The summed E-state index contributed by atoms with van der Waals surface area (Å²) in [5, 5.41) is 16.4. The van der Waals surface area contributed by atoms with Gasteiger partial charge in [0.25, 0.3) is 0 Å². The summed E-state index contributed by atoms with van der Waals surface area (Å²) in [4.78, 5) is 58.8. The van der Waals surface area contributed by atoms with Crippen molar-refractivity contribution in [1.82, 2.24) is 20.5 Å². The van der Waals surface area contributed by atoms with Crippen LogP contribution in [0, 0.1) is 5.92 Å². The first-order chi connectivity index (χ1) is 20.5. The highest BCUT2D eigenvalue weighted by Gasteiger charge is 2.61. The van der Waals surface area contributed by atoms with Crippen molar-refractivity contribution in [1.29, 1.82) is 0 Å². The first kappa shape index (κ1) is 30.3. The number of nitrogens with one attached hydrogen (secondary N) is 2. The van der Waals surface area contributed by atoms with E-state index in [4.69, 9.17) is 9.47 Å². The number of fused-ring (bicyclic) bond motifs is 3. The van der Waals surface area contributed by atoms with Gasteiger partial charge in [-0.25, -0.2) is 9.59 Å². The van der Waals surface area contributed by atoms with Crippen LogP contribution in [-0.4, -0.2) is 74.7 Å². The molecule has 11 heteroatoms. The molecule has 3 heterocycles. The quantitative estimate of drug-likeness (QED) is 0.452. The van der Waals surface area contributed by atoms with Crippen LogP contribution in [-0.2, 0) is 19.1 Å². The second-order valence-corrected chi connectivity index (χ2v) is 12.6. The molecule has 0 bridgehead atoms. The minimum Gasteiger partial charge on any atom is -0.488 e. The van der Waals surface area contributed by atoms with Crippen molar-refractivity contribution in [2.45, 2.75) is 95.0 Å². The minimum atomic E-state index is -1.41. The number of para-hydroxylation sites is 1. The number of rotatable bonds is 4. The van der Waals surface area contributed by atoms with Crippen molar-refractivity contribution < 1.29 is 33.8 Å². The zero-order valence-electron chi connectivity index (χ0n) is 24.9. The predicted molar refractivity (Wildman–Crippen MR) is 158 cm³/mol. The van der Waals surface area contributed by atoms with E-state index < -0.39 is 53.2 Å². The average molecular weight is 593 g/mol. The van der Waals surface area contributed by atoms with E-state index in [1.54, 1.807) is 33.0 Å². The lowest BCUT2D eigenvalue weighted by atomic mass is 10.0. The molecule has 0 spiro atoms. The van der Waals surface area contributed by atoms with E-state index in [-0.39, 0.29) is 25.3 Å². The van der Waals surface area contributed by atoms with Crippen molar-refractivity contribution >= 4 is 34.8 Å². The molecule has 43 heavy (non-hydrogen) atoms. The normalized spacial score (nSPS) is 28.9. The lowest BCUT2D eigenvalue weighted by Gasteiger charge is -2.30. The standard InChI is InChI=1S/C32H40N4O7/c1-31(2,3)43-30(41)34-24-14-8-6-4-5-7-11-20-18-32(20,29(39)40)35-27(37)25-17-21(19-36(25)28(24)38)42-26-15-16-33-23-13-10-9-12-22(23)26/h7,9-13,15-16,20-21,24-25H,4-6,8,14,17-19H2,1-3H3,(H,34,41)(H,35,37)(H,39,40)/b11-7-/t20?,21-,24+,25+,32-/m1/s1. The molecule has 5 atom stereocenters. The van der Waals surface area contributed by atoms with Gasteiger partial charge in [-0.1, -0.05) is 37.1 Å². The third kappa shape index (κ3) is 6.92. The number of pyridine rings is 1. The molecule has 0 radical (unpaired) electrons. The molecule has 1 unspecified atom stereocenters. The highest BCUT2D eigenvalue weighted by molar-refractivity contribution is 5.96. The Balaban J connectivity index is 1.44. The number of amides is 3. The molecule has 2 aromatic rings. The molecular formula is C32H40N4O7. The van der Waals surface area contributed by atoms with Gasteiger partial charge in [0.05, 0.1) is 12.1 Å². The van der Waals surface area contributed by atoms with Crippen LogP contribution in [0.4, 0.5) is 4.79 Å². The van der Waals surface area contributed by atoms with E-state index in [2.05, 4.69) is 15.6 Å². The zero-order valence-corrected chi connectivity index (χ0v) is 24.9. The number of allylic oxidation sites excluding steroid dienone is 1. The second kappa shape index (κ2) is 12.2. The fourth-order valence-electron chi connectivity index (χ4n) is 5.95. The molecule has 230 valence electrons. The predicted octanol–water partition coefficient (Wildman–Crippen LogP) is 3.96. The largest absolute Gasteiger partial charge is 0.488 e. The lowest BCUT2D eigenvalue weighted by molar-refractivity contribution is -0.145. The Morgan fingerprint density at radius 2 is 1.93 bits per heavy atom. The van der Waals surface area contributed by atoms with Crippen LogP contribution in [0.3, 0.4) is 0 Å². The number of carbonyl (C=O) groups is 4. The number of aliphatic carboxylic acids is 1. The minimum absolute atomic E-state index is 0.0868. The Kier molecular flexibility index (Phi) is 8.62. The molecule has 5 rings (SSSR count). The summed E-state index contributed by atoms with van der Waals surface area (Å²) in [6, 6.07) is 7.36. The van der Waals surface area contributed by atoms with Gasteiger partial charge in [0.15, 0.2) is 0 Å². The molecule has 1 saturated heterocycles. The number of ether oxygens (including phenoxy) is 2. The van der Waals surface area contributed by atoms with Crippen molar-refractivity contribution in [2.75, 3.05) is 6.54 Å². The van der Waals surface area contributed by atoms with Gasteiger partial charge in [0.1, 0.15) is 35.1 Å². The number of aromatic nitrogens is 1. The van der Waals surface area contributed by atoms with E-state index in [9.17, 15) is 24.3 Å². The fraction of sp³-hybridized carbons (Fsp3) is 0.531. The summed E-state index contributed by atoms with van der Waals surface area (Å²) in [7, 11) is 0. The smallest absolute Gasteiger partial charge is 0.408 e. The highest BCUT2D eigenvalue weighted by Crippen LogP contribution is 2.45. The SMILES string of the molecule is CC(C)(C)OC(=O)N[C@H]1CCCCC/C=C\C2C[C@@]2(C(=O)O)NC(=O)[C@@H]2C[C@@H](Oc3ccnc4ccccc34)CN2C1=O. The van der Waals surface area contributed by atoms with Gasteiger partial charge in [0, 0.05) is 23.9 Å². The Morgan fingerprint density at radius 3 is 2.70 bits per heavy atom. The van der Waals surface area contributed by atoms with Gasteiger partial charge in [-0.15, -0.1) is 0 Å². The monoisotopic (exact) mass is 592 g/mol. The van der Waals surface area contributed by atoms with E-state index in [1.165, 1.54) is 4.90 Å². The van der Waals surface area contributed by atoms with E-state index in [1.807, 2.05) is 36.4 Å². The molecule has 11 nitrogen and oxygen atoms in total. The Morgan fingerprint density at radius 1 is 1.14 bits per heavy atom. The van der Waals surface area contributed by atoms with Crippen LogP contribution in [0.1, 0.15) is 65.7 Å². The summed E-state index contributed by atoms with van der Waals surface area (Å²) in [6.45, 7) is 5.32. The van der Waals surface area contributed by atoms with Crippen LogP contribution in [0.5, 0.6) is 5.75 Å². The highest BCUT2D eigenvalue weighted by atomic mass is 16.6. The number of carboxylic acids is 1. The maximum atomic E-state index is 14.1. The number of carbonyl (C=O) groups excluding carboxylic acids is 3. The van der Waals surface area contributed by atoms with Crippen LogP contribution in [0.25, 0.3) is 10.9 Å². The molecule has 1 aliphatic carbocycles. The molecule has 1 aromatic heterocycles. The number of hydrogen-bond donors (Lipinski definition) is 3. The molecule has 1 saturated carbocycles. The summed E-state index contributed by atoms with van der Waals surface area (Å²) in [6.07, 6.45) is 8.14. The van der Waals surface area contributed by atoms with E-state index in [0.29, 0.717) is 18.6 Å². The Bertz CT molecular complexity index is 1410. The number of alkyl carbamates (subject to hydrolysis) is 1.